The molecule has 1 heterocycles. The van der Waals surface area contributed by atoms with Crippen molar-refractivity contribution < 1.29 is 14.3 Å². The van der Waals surface area contributed by atoms with Gasteiger partial charge in [-0.05, 0) is 31.5 Å². The molecule has 7 heteroatoms. The van der Waals surface area contributed by atoms with Gasteiger partial charge in [-0.15, -0.1) is 0 Å². The molecule has 0 unspecified atom stereocenters. The molecule has 0 saturated heterocycles. The van der Waals surface area contributed by atoms with Gasteiger partial charge in [0.1, 0.15) is 11.9 Å². The Morgan fingerprint density at radius 3 is 2.95 bits per heavy atom. The Bertz CT molecular complexity index is 647. The van der Waals surface area contributed by atoms with Crippen LogP contribution in [0, 0.1) is 0 Å². The van der Waals surface area contributed by atoms with Crippen molar-refractivity contribution in [2.45, 2.75) is 31.2 Å². The minimum Gasteiger partial charge on any atom is -0.488 e. The summed E-state index contributed by atoms with van der Waals surface area (Å²) in [6, 6.07) is 5.70. The number of ether oxygens (including phenoxy) is 2. The first-order valence-corrected chi connectivity index (χ1v) is 8.77. The van der Waals surface area contributed by atoms with Gasteiger partial charge in [0.15, 0.2) is 5.13 Å². The molecule has 2 aromatic rings. The van der Waals surface area contributed by atoms with Gasteiger partial charge >= 0.3 is 0 Å². The van der Waals surface area contributed by atoms with E-state index in [1.165, 1.54) is 11.3 Å². The second-order valence-electron chi connectivity index (χ2n) is 4.90. The van der Waals surface area contributed by atoms with Crippen LogP contribution in [0.2, 0.25) is 0 Å². The van der Waals surface area contributed by atoms with Crippen LogP contribution in [0.1, 0.15) is 20.3 Å². The smallest absolute Gasteiger partial charge is 0.239 e. The molecule has 0 aliphatic carbocycles. The zero-order valence-electron chi connectivity index (χ0n) is 12.8. The van der Waals surface area contributed by atoms with Gasteiger partial charge in [0.05, 0.1) is 21.7 Å². The Morgan fingerprint density at radius 1 is 1.50 bits per heavy atom. The summed E-state index contributed by atoms with van der Waals surface area (Å²) in [7, 11) is 1.65. The molecule has 1 aromatic carbocycles. The quantitative estimate of drug-likeness (QED) is 0.734. The highest BCUT2D eigenvalue weighted by Crippen LogP contribution is 2.30. The van der Waals surface area contributed by atoms with Gasteiger partial charge in [-0.2, -0.15) is 0 Å². The number of amides is 1. The molecular formula is C15H19BrN2O3S. The van der Waals surface area contributed by atoms with E-state index in [1.54, 1.807) is 7.11 Å². The van der Waals surface area contributed by atoms with Crippen LogP contribution in [0.15, 0.2) is 18.2 Å². The van der Waals surface area contributed by atoms with Crippen LogP contribution in [0.4, 0.5) is 5.13 Å². The summed E-state index contributed by atoms with van der Waals surface area (Å²) in [5.74, 6) is 0.692. The monoisotopic (exact) mass is 386 g/mol. The highest BCUT2D eigenvalue weighted by Gasteiger charge is 2.15. The fourth-order valence-corrected chi connectivity index (χ4v) is 2.91. The normalized spacial score (nSPS) is 13.8. The number of aromatic nitrogens is 1. The SMILES string of the molecule is CC[C@@H](Br)C(=O)Nc1nc2ccc(O[C@@H](C)COC)cc2s1. The van der Waals surface area contributed by atoms with Gasteiger partial charge in [0.2, 0.25) is 5.91 Å². The molecular weight excluding hydrogens is 368 g/mol. The minimum atomic E-state index is -0.201. The van der Waals surface area contributed by atoms with Gasteiger partial charge in [0, 0.05) is 7.11 Å². The van der Waals surface area contributed by atoms with Crippen molar-refractivity contribution in [3.05, 3.63) is 18.2 Å². The predicted molar refractivity (Wildman–Crippen MR) is 93.2 cm³/mol. The van der Waals surface area contributed by atoms with Crippen molar-refractivity contribution in [3.8, 4) is 5.75 Å². The molecule has 22 heavy (non-hydrogen) atoms. The topological polar surface area (TPSA) is 60.5 Å². The lowest BCUT2D eigenvalue weighted by Crippen LogP contribution is -2.21. The van der Waals surface area contributed by atoms with Crippen LogP contribution in [-0.2, 0) is 9.53 Å². The Hall–Kier alpha value is -1.18. The number of rotatable bonds is 7. The summed E-state index contributed by atoms with van der Waals surface area (Å²) in [5, 5.41) is 3.42. The number of anilines is 1. The van der Waals surface area contributed by atoms with E-state index in [0.717, 1.165) is 22.4 Å². The maximum atomic E-state index is 11.9. The summed E-state index contributed by atoms with van der Waals surface area (Å²) >= 11 is 4.76. The molecule has 0 aliphatic rings. The molecule has 2 atom stereocenters. The Morgan fingerprint density at radius 2 is 2.27 bits per heavy atom. The van der Waals surface area contributed by atoms with E-state index in [4.69, 9.17) is 9.47 Å². The molecule has 0 radical (unpaired) electrons. The fraction of sp³-hybridized carbons (Fsp3) is 0.467. The number of nitrogens with zero attached hydrogens (tertiary/aromatic N) is 1. The van der Waals surface area contributed by atoms with Crippen molar-refractivity contribution >= 4 is 48.5 Å². The van der Waals surface area contributed by atoms with Crippen molar-refractivity contribution in [2.75, 3.05) is 19.0 Å². The lowest BCUT2D eigenvalue weighted by atomic mass is 10.3. The molecule has 0 spiro atoms. The summed E-state index contributed by atoms with van der Waals surface area (Å²) in [6.07, 6.45) is 0.708. The zero-order chi connectivity index (χ0) is 16.1. The molecule has 5 nitrogen and oxygen atoms in total. The third-order valence-corrected chi connectivity index (χ3v) is 4.97. The lowest BCUT2D eigenvalue weighted by molar-refractivity contribution is -0.115. The maximum absolute atomic E-state index is 11.9. The van der Waals surface area contributed by atoms with Crippen molar-refractivity contribution in [1.82, 2.24) is 4.98 Å². The van der Waals surface area contributed by atoms with Crippen LogP contribution in [0.5, 0.6) is 5.75 Å². The summed E-state index contributed by atoms with van der Waals surface area (Å²) < 4.78 is 11.8. The number of halogens is 1. The Balaban J connectivity index is 2.12. The average molecular weight is 387 g/mol. The average Bonchev–Trinajstić information content (AvgIpc) is 2.87. The molecule has 1 N–H and O–H groups in total. The first-order valence-electron chi connectivity index (χ1n) is 7.04. The number of carbonyl (C=O) groups excluding carboxylic acids is 1. The first kappa shape index (κ1) is 17.2. The Labute approximate surface area is 142 Å². The number of thiazole rings is 1. The van der Waals surface area contributed by atoms with Gasteiger partial charge < -0.3 is 14.8 Å². The molecule has 0 fully saturated rings. The summed E-state index contributed by atoms with van der Waals surface area (Å²) in [6.45, 7) is 4.43. The van der Waals surface area contributed by atoms with E-state index in [-0.39, 0.29) is 16.8 Å². The third kappa shape index (κ3) is 4.41. The molecule has 1 aromatic heterocycles. The minimum absolute atomic E-state index is 0.0201. The predicted octanol–water partition coefficient (Wildman–Crippen LogP) is 3.82. The highest BCUT2D eigenvalue weighted by molar-refractivity contribution is 9.10. The van der Waals surface area contributed by atoms with Crippen LogP contribution >= 0.6 is 27.3 Å². The van der Waals surface area contributed by atoms with E-state index < -0.39 is 0 Å². The largest absolute Gasteiger partial charge is 0.488 e. The van der Waals surface area contributed by atoms with Gasteiger partial charge in [-0.3, -0.25) is 4.79 Å². The summed E-state index contributed by atoms with van der Waals surface area (Å²) in [5.41, 5.74) is 0.842. The molecule has 0 aliphatic heterocycles. The Kier molecular flexibility index (Phi) is 6.16. The molecule has 2 rings (SSSR count). The number of nitrogens with one attached hydrogen (secondary N) is 1. The first-order chi connectivity index (χ1) is 10.5. The van der Waals surface area contributed by atoms with Crippen molar-refractivity contribution in [3.63, 3.8) is 0 Å². The van der Waals surface area contributed by atoms with Crippen molar-refractivity contribution in [2.24, 2.45) is 0 Å². The van der Waals surface area contributed by atoms with Crippen LogP contribution < -0.4 is 10.1 Å². The van der Waals surface area contributed by atoms with Crippen molar-refractivity contribution in [1.29, 1.82) is 0 Å². The highest BCUT2D eigenvalue weighted by atomic mass is 79.9. The number of hydrogen-bond acceptors (Lipinski definition) is 5. The van der Waals surface area contributed by atoms with Crippen LogP contribution in [-0.4, -0.2) is 35.5 Å². The molecule has 0 saturated carbocycles. The standard InChI is InChI=1S/C15H19BrN2O3S/c1-4-11(16)14(19)18-15-17-12-6-5-10(7-13(12)22-15)21-9(2)8-20-3/h5-7,9,11H,4,8H2,1-3H3,(H,17,18,19)/t9-,11+/m0/s1. The van der Waals surface area contributed by atoms with E-state index in [9.17, 15) is 4.79 Å². The molecule has 120 valence electrons. The second kappa shape index (κ2) is 7.89. The number of fused-ring (bicyclic) bond motifs is 1. The number of alkyl halides is 1. The van der Waals surface area contributed by atoms with Gasteiger partial charge in [-0.1, -0.05) is 34.2 Å². The lowest BCUT2D eigenvalue weighted by Gasteiger charge is -2.13. The number of methoxy groups -OCH3 is 1. The molecule has 1 amide bonds. The van der Waals surface area contributed by atoms with E-state index in [0.29, 0.717) is 11.7 Å². The molecule has 0 bridgehead atoms. The van der Waals surface area contributed by atoms with E-state index in [2.05, 4.69) is 26.2 Å². The van der Waals surface area contributed by atoms with Gasteiger partial charge in [0.25, 0.3) is 0 Å². The zero-order valence-corrected chi connectivity index (χ0v) is 15.2. The van der Waals surface area contributed by atoms with E-state index in [1.807, 2.05) is 32.0 Å². The summed E-state index contributed by atoms with van der Waals surface area (Å²) in [4.78, 5) is 16.1. The van der Waals surface area contributed by atoms with Crippen LogP contribution in [0.25, 0.3) is 10.2 Å². The number of carbonyl (C=O) groups is 1. The number of hydrogen-bond donors (Lipinski definition) is 1. The third-order valence-electron chi connectivity index (χ3n) is 2.97. The fourth-order valence-electron chi connectivity index (χ4n) is 1.90. The second-order valence-corrected chi connectivity index (χ2v) is 7.03. The number of benzene rings is 1. The van der Waals surface area contributed by atoms with Gasteiger partial charge in [-0.25, -0.2) is 4.98 Å². The van der Waals surface area contributed by atoms with E-state index >= 15 is 0 Å². The van der Waals surface area contributed by atoms with Crippen LogP contribution in [0.3, 0.4) is 0 Å². The maximum Gasteiger partial charge on any atom is 0.239 e.